The first-order valence-corrected chi connectivity index (χ1v) is 13.3. The van der Waals surface area contributed by atoms with Gasteiger partial charge in [0.25, 0.3) is 0 Å². The van der Waals surface area contributed by atoms with Gasteiger partial charge in [0, 0.05) is 43.3 Å². The number of ketones is 1. The number of hydrogen-bond donors (Lipinski definition) is 1. The van der Waals surface area contributed by atoms with E-state index in [9.17, 15) is 9.90 Å². The molecule has 5 rings (SSSR count). The van der Waals surface area contributed by atoms with Crippen molar-refractivity contribution in [3.8, 4) is 11.5 Å². The van der Waals surface area contributed by atoms with E-state index in [1.807, 2.05) is 6.07 Å². The van der Waals surface area contributed by atoms with Crippen LogP contribution >= 0.6 is 0 Å². The number of hydrogen-bond acceptors (Lipinski definition) is 5. The van der Waals surface area contributed by atoms with Crippen LogP contribution in [0.4, 0.5) is 0 Å². The highest BCUT2D eigenvalue weighted by molar-refractivity contribution is 5.81. The number of carbonyl (C=O) groups is 1. The van der Waals surface area contributed by atoms with Gasteiger partial charge in [0.1, 0.15) is 22.9 Å². The van der Waals surface area contributed by atoms with Gasteiger partial charge in [0.15, 0.2) is 0 Å². The molecule has 0 spiro atoms. The average Bonchev–Trinajstić information content (AvgIpc) is 2.74. The molecule has 3 fully saturated rings. The van der Waals surface area contributed by atoms with Gasteiger partial charge >= 0.3 is 0 Å². The number of fused-ring (bicyclic) bond motifs is 3. The number of unbranched alkanes of at least 4 members (excludes halogenated alkanes) is 2. The zero-order chi connectivity index (χ0) is 23.1. The van der Waals surface area contributed by atoms with Crippen LogP contribution in [0.5, 0.6) is 11.5 Å². The van der Waals surface area contributed by atoms with E-state index in [1.165, 1.54) is 57.1 Å². The largest absolute Gasteiger partial charge is 0.508 e. The minimum Gasteiger partial charge on any atom is -0.508 e. The summed E-state index contributed by atoms with van der Waals surface area (Å²) < 4.78 is 12.0. The maximum atomic E-state index is 12.3. The number of ether oxygens (including phenoxy) is 2. The van der Waals surface area contributed by atoms with Gasteiger partial charge in [-0.05, 0) is 75.6 Å². The lowest BCUT2D eigenvalue weighted by molar-refractivity contribution is -0.124. The fourth-order valence-corrected chi connectivity index (χ4v) is 6.96. The van der Waals surface area contributed by atoms with Gasteiger partial charge in [0.05, 0.1) is 13.2 Å². The maximum absolute atomic E-state index is 12.3. The van der Waals surface area contributed by atoms with Crippen LogP contribution in [-0.4, -0.2) is 54.2 Å². The van der Waals surface area contributed by atoms with Gasteiger partial charge in [-0.1, -0.05) is 19.3 Å². The van der Waals surface area contributed by atoms with Crippen molar-refractivity contribution >= 4 is 5.78 Å². The van der Waals surface area contributed by atoms with E-state index in [0.717, 1.165) is 44.0 Å². The molecular weight excluding hydrogens is 414 g/mol. The molecule has 0 radical (unpaired) electrons. The monoisotopic (exact) mass is 455 g/mol. The van der Waals surface area contributed by atoms with E-state index in [0.29, 0.717) is 24.4 Å². The molecular formula is C28H41NO4. The smallest absolute Gasteiger partial charge is 0.133 e. The Morgan fingerprint density at radius 2 is 1.91 bits per heavy atom. The van der Waals surface area contributed by atoms with Crippen LogP contribution in [0.25, 0.3) is 0 Å². The molecule has 1 aromatic carbocycles. The van der Waals surface area contributed by atoms with E-state index in [-0.39, 0.29) is 22.9 Å². The lowest BCUT2D eigenvalue weighted by Gasteiger charge is -2.48. The Morgan fingerprint density at radius 1 is 1.12 bits per heavy atom. The number of morpholine rings is 1. The number of rotatable bonds is 7. The number of Topliss-reactive ketones (excluding diaryl/α,β-unsaturated/α-hetero) is 1. The summed E-state index contributed by atoms with van der Waals surface area (Å²) in [5.41, 5.74) is 2.00. The summed E-state index contributed by atoms with van der Waals surface area (Å²) in [6, 6.07) is 4.24. The van der Waals surface area contributed by atoms with Crippen molar-refractivity contribution in [2.75, 3.05) is 32.8 Å². The Labute approximate surface area is 198 Å². The summed E-state index contributed by atoms with van der Waals surface area (Å²) in [7, 11) is 0. The molecule has 2 atom stereocenters. The predicted molar refractivity (Wildman–Crippen MR) is 129 cm³/mol. The maximum Gasteiger partial charge on any atom is 0.133 e. The zero-order valence-corrected chi connectivity index (χ0v) is 20.5. The predicted octanol–water partition coefficient (Wildman–Crippen LogP) is 5.33. The number of nitrogens with zero attached hydrogens (tertiary/aromatic N) is 1. The number of aromatic hydroxyl groups is 1. The van der Waals surface area contributed by atoms with Crippen molar-refractivity contribution in [1.29, 1.82) is 0 Å². The number of phenols is 1. The van der Waals surface area contributed by atoms with Crippen LogP contribution in [0.15, 0.2) is 12.1 Å². The topological polar surface area (TPSA) is 59.0 Å². The molecule has 2 aliphatic carbocycles. The summed E-state index contributed by atoms with van der Waals surface area (Å²) >= 11 is 0. The molecule has 0 unspecified atom stereocenters. The van der Waals surface area contributed by atoms with Crippen molar-refractivity contribution in [2.24, 2.45) is 5.92 Å². The molecule has 33 heavy (non-hydrogen) atoms. The van der Waals surface area contributed by atoms with Gasteiger partial charge in [-0.15, -0.1) is 0 Å². The van der Waals surface area contributed by atoms with Crippen LogP contribution in [0.1, 0.15) is 95.1 Å². The van der Waals surface area contributed by atoms with Crippen LogP contribution in [0.2, 0.25) is 0 Å². The highest BCUT2D eigenvalue weighted by Gasteiger charge is 2.48. The van der Waals surface area contributed by atoms with Gasteiger partial charge in [-0.3, -0.25) is 9.69 Å². The van der Waals surface area contributed by atoms with Gasteiger partial charge in [-0.25, -0.2) is 0 Å². The Bertz CT molecular complexity index is 869. The van der Waals surface area contributed by atoms with Gasteiger partial charge < -0.3 is 14.6 Å². The molecule has 5 nitrogen and oxygen atoms in total. The van der Waals surface area contributed by atoms with E-state index in [2.05, 4.69) is 24.8 Å². The van der Waals surface area contributed by atoms with Crippen molar-refractivity contribution in [1.82, 2.24) is 4.90 Å². The molecule has 1 saturated heterocycles. The van der Waals surface area contributed by atoms with E-state index < -0.39 is 0 Å². The highest BCUT2D eigenvalue weighted by atomic mass is 16.5. The van der Waals surface area contributed by atoms with Crippen LogP contribution < -0.4 is 4.74 Å². The quantitative estimate of drug-likeness (QED) is 0.563. The second-order valence-corrected chi connectivity index (χ2v) is 11.5. The third-order valence-electron chi connectivity index (χ3n) is 9.08. The molecule has 0 bridgehead atoms. The third kappa shape index (κ3) is 4.55. The van der Waals surface area contributed by atoms with Crippen LogP contribution in [0.3, 0.4) is 0 Å². The van der Waals surface area contributed by atoms with Crippen molar-refractivity contribution in [2.45, 2.75) is 95.0 Å². The first kappa shape index (κ1) is 23.2. The number of carbonyl (C=O) groups excluding carboxylic acids is 1. The standard InChI is InChI=1S/C28H41NO4/c1-27(2)23-8-7-21(30)19-22(23)26-24(31)17-20(18-25(26)33-27)28(10-6-11-28)9-4-3-5-12-29-13-15-32-16-14-29/h17-18,22-23,31H,3-16,19H2,1-2H3/t22-,23-/m1/s1. The lowest BCUT2D eigenvalue weighted by atomic mass is 9.61. The Morgan fingerprint density at radius 3 is 2.64 bits per heavy atom. The molecule has 1 N–H and O–H groups in total. The highest BCUT2D eigenvalue weighted by Crippen LogP contribution is 2.56. The van der Waals surface area contributed by atoms with Crippen molar-refractivity contribution in [3.63, 3.8) is 0 Å². The molecule has 4 aliphatic rings. The second-order valence-electron chi connectivity index (χ2n) is 11.5. The number of benzene rings is 1. The Kier molecular flexibility index (Phi) is 6.47. The molecule has 2 aliphatic heterocycles. The first-order valence-electron chi connectivity index (χ1n) is 13.3. The molecule has 5 heteroatoms. The summed E-state index contributed by atoms with van der Waals surface area (Å²) in [6.45, 7) is 9.38. The Hall–Kier alpha value is -1.59. The normalized spacial score (nSPS) is 28.4. The summed E-state index contributed by atoms with van der Waals surface area (Å²) in [5, 5.41) is 11.2. The zero-order valence-electron chi connectivity index (χ0n) is 20.5. The Balaban J connectivity index is 1.28. The van der Waals surface area contributed by atoms with Crippen molar-refractivity contribution in [3.05, 3.63) is 23.3 Å². The minimum absolute atomic E-state index is 0.0802. The summed E-state index contributed by atoms with van der Waals surface area (Å²) in [4.78, 5) is 14.8. The molecule has 1 aromatic rings. The lowest BCUT2D eigenvalue weighted by Crippen LogP contribution is -2.47. The second kappa shape index (κ2) is 9.22. The van der Waals surface area contributed by atoms with Crippen molar-refractivity contribution < 1.29 is 19.4 Å². The fraction of sp³-hybridized carbons (Fsp3) is 0.750. The molecule has 0 amide bonds. The van der Waals surface area contributed by atoms with E-state index in [4.69, 9.17) is 9.47 Å². The summed E-state index contributed by atoms with van der Waals surface area (Å²) in [6.07, 6.45) is 10.6. The van der Waals surface area contributed by atoms with Crippen LogP contribution in [-0.2, 0) is 14.9 Å². The number of phenolic OH excluding ortho intramolecular Hbond substituents is 1. The summed E-state index contributed by atoms with van der Waals surface area (Å²) in [5.74, 6) is 1.85. The fourth-order valence-electron chi connectivity index (χ4n) is 6.96. The van der Waals surface area contributed by atoms with E-state index in [1.54, 1.807) is 0 Å². The van der Waals surface area contributed by atoms with Gasteiger partial charge in [0.2, 0.25) is 0 Å². The molecule has 2 heterocycles. The minimum atomic E-state index is -0.310. The molecule has 0 aromatic heterocycles. The SMILES string of the molecule is CC1(C)Oc2cc(C3(CCCCCN4CCOCC4)CCC3)cc(O)c2[C@@H]2CC(=O)CC[C@H]21. The third-order valence-corrected chi connectivity index (χ3v) is 9.08. The average molecular weight is 456 g/mol. The molecule has 182 valence electrons. The molecule has 2 saturated carbocycles. The van der Waals surface area contributed by atoms with Gasteiger partial charge in [-0.2, -0.15) is 0 Å². The first-order chi connectivity index (χ1) is 15.9. The van der Waals surface area contributed by atoms with Crippen LogP contribution in [0, 0.1) is 5.92 Å². The van der Waals surface area contributed by atoms with E-state index >= 15 is 0 Å².